The van der Waals surface area contributed by atoms with Gasteiger partial charge in [0.2, 0.25) is 5.91 Å². The summed E-state index contributed by atoms with van der Waals surface area (Å²) in [6.07, 6.45) is 4.10. The standard InChI is InChI=1S/C24H27N5O3S2/c1-31-17-4-3-5-18-22(17)28-24(34-18)21(29-32-2)14-6-8-15(9-7-14)25-12-16-10-11-19-23(26-16)27-20(30)13-33-19/h3-5,10-11,14-15,25H,6-9,12-13H2,1-2H3,(H,26,27,30). The molecule has 0 radical (unpaired) electrons. The average molecular weight is 498 g/mol. The van der Waals surface area contributed by atoms with Crippen molar-refractivity contribution in [3.05, 3.63) is 41.0 Å². The highest BCUT2D eigenvalue weighted by Crippen LogP contribution is 2.34. The number of thioether (sulfide) groups is 1. The van der Waals surface area contributed by atoms with E-state index in [4.69, 9.17) is 14.6 Å². The van der Waals surface area contributed by atoms with Crippen LogP contribution in [0.1, 0.15) is 36.4 Å². The lowest BCUT2D eigenvalue weighted by molar-refractivity contribution is -0.113. The van der Waals surface area contributed by atoms with Crippen molar-refractivity contribution in [1.29, 1.82) is 0 Å². The third-order valence-electron chi connectivity index (χ3n) is 6.23. The third kappa shape index (κ3) is 4.89. The fourth-order valence-electron chi connectivity index (χ4n) is 4.51. The Hall–Kier alpha value is -2.69. The molecule has 10 heteroatoms. The monoisotopic (exact) mass is 497 g/mol. The number of pyridine rings is 1. The van der Waals surface area contributed by atoms with Crippen LogP contribution in [0, 0.1) is 5.92 Å². The van der Waals surface area contributed by atoms with Crippen LogP contribution in [0.5, 0.6) is 5.75 Å². The topological polar surface area (TPSA) is 97.7 Å². The van der Waals surface area contributed by atoms with Crippen LogP contribution in [0.4, 0.5) is 5.82 Å². The quantitative estimate of drug-likeness (QED) is 0.368. The van der Waals surface area contributed by atoms with Gasteiger partial charge >= 0.3 is 0 Å². The molecule has 2 aromatic heterocycles. The molecule has 1 fully saturated rings. The maximum absolute atomic E-state index is 11.6. The number of thiazole rings is 1. The van der Waals surface area contributed by atoms with Gasteiger partial charge in [-0.15, -0.1) is 23.1 Å². The van der Waals surface area contributed by atoms with E-state index >= 15 is 0 Å². The summed E-state index contributed by atoms with van der Waals surface area (Å²) < 4.78 is 6.56. The molecule has 0 unspecified atom stereocenters. The number of para-hydroxylation sites is 1. The SMILES string of the molecule is CON=C(c1nc2c(OC)cccc2s1)C1CCC(NCc2ccc3c(n2)NC(=O)CS3)CC1. The number of nitrogens with one attached hydrogen (secondary N) is 2. The number of fused-ring (bicyclic) bond motifs is 2. The number of carbonyl (C=O) groups is 1. The van der Waals surface area contributed by atoms with E-state index in [0.717, 1.165) is 63.0 Å². The highest BCUT2D eigenvalue weighted by atomic mass is 32.2. The van der Waals surface area contributed by atoms with Gasteiger partial charge in [0.15, 0.2) is 0 Å². The second-order valence-corrected chi connectivity index (χ2v) is 10.4. The van der Waals surface area contributed by atoms with Gasteiger partial charge in [-0.3, -0.25) is 4.79 Å². The summed E-state index contributed by atoms with van der Waals surface area (Å²) in [7, 11) is 3.26. The summed E-state index contributed by atoms with van der Waals surface area (Å²) in [5.74, 6) is 2.22. The molecule has 1 aliphatic heterocycles. The van der Waals surface area contributed by atoms with E-state index in [2.05, 4.69) is 26.8 Å². The minimum absolute atomic E-state index is 0.00790. The fraction of sp³-hybridized carbons (Fsp3) is 0.417. The second kappa shape index (κ2) is 10.3. The van der Waals surface area contributed by atoms with E-state index in [1.807, 2.05) is 24.3 Å². The zero-order valence-corrected chi connectivity index (χ0v) is 20.8. The summed E-state index contributed by atoms with van der Waals surface area (Å²) in [5.41, 5.74) is 2.74. The van der Waals surface area contributed by atoms with Gasteiger partial charge in [-0.1, -0.05) is 11.2 Å². The number of amides is 1. The molecule has 178 valence electrons. The molecule has 1 saturated carbocycles. The molecule has 3 aromatic rings. The van der Waals surface area contributed by atoms with Crippen molar-refractivity contribution >= 4 is 50.8 Å². The summed E-state index contributed by atoms with van der Waals surface area (Å²) >= 11 is 3.16. The minimum Gasteiger partial charge on any atom is -0.494 e. The van der Waals surface area contributed by atoms with E-state index in [-0.39, 0.29) is 5.91 Å². The van der Waals surface area contributed by atoms with E-state index in [9.17, 15) is 4.79 Å². The summed E-state index contributed by atoms with van der Waals surface area (Å²) in [4.78, 5) is 27.4. The largest absolute Gasteiger partial charge is 0.494 e. The highest BCUT2D eigenvalue weighted by molar-refractivity contribution is 8.00. The van der Waals surface area contributed by atoms with Crippen LogP contribution in [0.3, 0.4) is 0 Å². The third-order valence-corrected chi connectivity index (χ3v) is 8.32. The number of methoxy groups -OCH3 is 1. The number of hydrogen-bond acceptors (Lipinski definition) is 9. The molecule has 34 heavy (non-hydrogen) atoms. The molecule has 0 bridgehead atoms. The van der Waals surface area contributed by atoms with Crippen LogP contribution in [-0.4, -0.2) is 47.6 Å². The Bertz CT molecular complexity index is 1220. The van der Waals surface area contributed by atoms with Crippen molar-refractivity contribution in [2.75, 3.05) is 25.3 Å². The van der Waals surface area contributed by atoms with E-state index in [1.165, 1.54) is 11.8 Å². The van der Waals surface area contributed by atoms with Crippen molar-refractivity contribution in [3.63, 3.8) is 0 Å². The summed E-state index contributed by atoms with van der Waals surface area (Å²) in [6.45, 7) is 0.680. The lowest BCUT2D eigenvalue weighted by Crippen LogP contribution is -2.35. The molecule has 2 N–H and O–H groups in total. The normalized spacial score (nSPS) is 20.6. The number of anilines is 1. The second-order valence-electron chi connectivity index (χ2n) is 8.40. The van der Waals surface area contributed by atoms with Gasteiger partial charge in [-0.25, -0.2) is 9.97 Å². The minimum atomic E-state index is 0.00790. The Kier molecular flexibility index (Phi) is 6.98. The Balaban J connectivity index is 1.21. The molecule has 1 amide bonds. The predicted octanol–water partition coefficient (Wildman–Crippen LogP) is 4.44. The Morgan fingerprint density at radius 3 is 2.82 bits per heavy atom. The van der Waals surface area contributed by atoms with Gasteiger partial charge in [0.25, 0.3) is 0 Å². The molecule has 0 atom stereocenters. The van der Waals surface area contributed by atoms with Crippen molar-refractivity contribution in [3.8, 4) is 5.75 Å². The summed E-state index contributed by atoms with van der Waals surface area (Å²) in [5, 5.41) is 11.8. The average Bonchev–Trinajstić information content (AvgIpc) is 3.30. The zero-order chi connectivity index (χ0) is 23.5. The molecular weight excluding hydrogens is 470 g/mol. The maximum atomic E-state index is 11.6. The lowest BCUT2D eigenvalue weighted by Gasteiger charge is -2.29. The molecular formula is C24H27N5O3S2. The number of carbonyl (C=O) groups excluding carboxylic acids is 1. The number of oxime groups is 1. The smallest absolute Gasteiger partial charge is 0.235 e. The zero-order valence-electron chi connectivity index (χ0n) is 19.2. The number of aromatic nitrogens is 2. The molecule has 1 aliphatic carbocycles. The van der Waals surface area contributed by atoms with Gasteiger partial charge in [0.05, 0.1) is 28.2 Å². The van der Waals surface area contributed by atoms with Crippen molar-refractivity contribution in [2.24, 2.45) is 11.1 Å². The van der Waals surface area contributed by atoms with Crippen LogP contribution in [0.25, 0.3) is 10.2 Å². The first-order valence-electron chi connectivity index (χ1n) is 11.4. The predicted molar refractivity (Wildman–Crippen MR) is 136 cm³/mol. The number of benzene rings is 1. The van der Waals surface area contributed by atoms with Crippen molar-refractivity contribution in [2.45, 2.75) is 43.2 Å². The highest BCUT2D eigenvalue weighted by Gasteiger charge is 2.28. The Labute approximate surface area is 206 Å². The van der Waals surface area contributed by atoms with Crippen LogP contribution in [0.2, 0.25) is 0 Å². The van der Waals surface area contributed by atoms with Crippen LogP contribution >= 0.6 is 23.1 Å². The van der Waals surface area contributed by atoms with Gasteiger partial charge in [-0.2, -0.15) is 0 Å². The number of ether oxygens (including phenoxy) is 1. The fourth-order valence-corrected chi connectivity index (χ4v) is 6.31. The molecule has 2 aliphatic rings. The maximum Gasteiger partial charge on any atom is 0.235 e. The number of rotatable bonds is 7. The van der Waals surface area contributed by atoms with Crippen molar-refractivity contribution in [1.82, 2.24) is 15.3 Å². The van der Waals surface area contributed by atoms with Crippen LogP contribution in [0.15, 0.2) is 40.4 Å². The van der Waals surface area contributed by atoms with Gasteiger partial charge in [-0.05, 0) is 49.9 Å². The van der Waals surface area contributed by atoms with Gasteiger partial charge < -0.3 is 20.2 Å². The first kappa shape index (κ1) is 23.1. The molecule has 5 rings (SSSR count). The van der Waals surface area contributed by atoms with E-state index < -0.39 is 0 Å². The van der Waals surface area contributed by atoms with E-state index in [0.29, 0.717) is 30.1 Å². The number of nitrogens with zero attached hydrogens (tertiary/aromatic N) is 3. The molecule has 0 spiro atoms. The molecule has 0 saturated heterocycles. The Morgan fingerprint density at radius 2 is 2.03 bits per heavy atom. The lowest BCUT2D eigenvalue weighted by atomic mass is 9.83. The van der Waals surface area contributed by atoms with Crippen molar-refractivity contribution < 1.29 is 14.4 Å². The van der Waals surface area contributed by atoms with Crippen LogP contribution in [-0.2, 0) is 16.2 Å². The molecule has 8 nitrogen and oxygen atoms in total. The first-order chi connectivity index (χ1) is 16.6. The van der Waals surface area contributed by atoms with E-state index in [1.54, 1.807) is 25.6 Å². The van der Waals surface area contributed by atoms with Gasteiger partial charge in [0, 0.05) is 18.5 Å². The first-order valence-corrected chi connectivity index (χ1v) is 13.2. The summed E-state index contributed by atoms with van der Waals surface area (Å²) in [6, 6.07) is 10.5. The molecule has 1 aromatic carbocycles. The van der Waals surface area contributed by atoms with Gasteiger partial charge in [0.1, 0.15) is 34.9 Å². The number of hydrogen-bond donors (Lipinski definition) is 2. The van der Waals surface area contributed by atoms with Crippen LogP contribution < -0.4 is 15.4 Å². The Morgan fingerprint density at radius 1 is 1.18 bits per heavy atom. The molecule has 3 heterocycles.